The Kier molecular flexibility index (Phi) is 5.28. The first-order valence-corrected chi connectivity index (χ1v) is 11.1. The van der Waals surface area contributed by atoms with Crippen LogP contribution in [0.15, 0.2) is 41.8 Å². The van der Waals surface area contributed by atoms with Crippen LogP contribution in [0.2, 0.25) is 0 Å². The topological polar surface area (TPSA) is 49.4 Å². The van der Waals surface area contributed by atoms with Crippen LogP contribution in [-0.2, 0) is 17.8 Å². The van der Waals surface area contributed by atoms with Gasteiger partial charge in [0.25, 0.3) is 5.91 Å². The summed E-state index contributed by atoms with van der Waals surface area (Å²) in [6, 6.07) is 11.9. The van der Waals surface area contributed by atoms with Crippen molar-refractivity contribution in [2.45, 2.75) is 64.1 Å². The molecule has 0 radical (unpaired) electrons. The van der Waals surface area contributed by atoms with Crippen molar-refractivity contribution in [2.24, 2.45) is 5.92 Å². The maximum atomic E-state index is 13.5. The summed E-state index contributed by atoms with van der Waals surface area (Å²) in [5.74, 6) is 0.666. The van der Waals surface area contributed by atoms with Crippen molar-refractivity contribution in [1.82, 2.24) is 10.2 Å². The summed E-state index contributed by atoms with van der Waals surface area (Å²) >= 11 is 1.62. The van der Waals surface area contributed by atoms with E-state index >= 15 is 0 Å². The smallest absolute Gasteiger partial charge is 0.255 e. The van der Waals surface area contributed by atoms with Gasteiger partial charge in [-0.1, -0.05) is 31.2 Å². The summed E-state index contributed by atoms with van der Waals surface area (Å²) < 4.78 is 0. The van der Waals surface area contributed by atoms with Crippen LogP contribution in [0.25, 0.3) is 0 Å². The van der Waals surface area contributed by atoms with E-state index in [-0.39, 0.29) is 17.9 Å². The molecule has 1 saturated carbocycles. The van der Waals surface area contributed by atoms with E-state index in [1.165, 1.54) is 0 Å². The Morgan fingerprint density at radius 2 is 1.93 bits per heavy atom. The summed E-state index contributed by atoms with van der Waals surface area (Å²) in [4.78, 5) is 29.7. The number of benzene rings is 1. The Morgan fingerprint density at radius 3 is 2.64 bits per heavy atom. The lowest BCUT2D eigenvalue weighted by atomic mass is 9.81. The van der Waals surface area contributed by atoms with Crippen LogP contribution in [0, 0.1) is 5.92 Å². The highest BCUT2D eigenvalue weighted by Gasteiger charge is 2.47. The minimum Gasteiger partial charge on any atom is -0.351 e. The summed E-state index contributed by atoms with van der Waals surface area (Å²) in [5.41, 5.74) is 0.805. The minimum atomic E-state index is -0.876. The fourth-order valence-corrected chi connectivity index (χ4v) is 5.16. The highest BCUT2D eigenvalue weighted by molar-refractivity contribution is 7.09. The second-order valence-electron chi connectivity index (χ2n) is 8.51. The SMILES string of the molecule is CC1CCC(NC(=O)[C@]2(C)Cc3ccccc3C(=O)N2Cc2cccs2)CC1. The zero-order valence-corrected chi connectivity index (χ0v) is 17.4. The molecule has 0 bridgehead atoms. The molecule has 2 amide bonds. The molecule has 1 aromatic carbocycles. The van der Waals surface area contributed by atoms with Gasteiger partial charge in [0.1, 0.15) is 5.54 Å². The van der Waals surface area contributed by atoms with Gasteiger partial charge in [-0.2, -0.15) is 0 Å². The molecule has 0 unspecified atom stereocenters. The molecule has 1 fully saturated rings. The number of nitrogens with zero attached hydrogens (tertiary/aromatic N) is 1. The Labute approximate surface area is 170 Å². The molecule has 1 atom stereocenters. The van der Waals surface area contributed by atoms with Crippen LogP contribution >= 0.6 is 11.3 Å². The molecule has 1 aliphatic heterocycles. The number of rotatable bonds is 4. The lowest BCUT2D eigenvalue weighted by Gasteiger charge is -2.44. The molecule has 4 nitrogen and oxygen atoms in total. The monoisotopic (exact) mass is 396 g/mol. The van der Waals surface area contributed by atoms with E-state index in [9.17, 15) is 9.59 Å². The molecule has 2 heterocycles. The number of thiophene rings is 1. The predicted molar refractivity (Wildman–Crippen MR) is 112 cm³/mol. The van der Waals surface area contributed by atoms with Gasteiger partial charge < -0.3 is 10.2 Å². The van der Waals surface area contributed by atoms with Gasteiger partial charge in [-0.05, 0) is 61.6 Å². The van der Waals surface area contributed by atoms with Crippen LogP contribution in [0.4, 0.5) is 0 Å². The molecule has 1 N–H and O–H groups in total. The van der Waals surface area contributed by atoms with Crippen molar-refractivity contribution in [2.75, 3.05) is 0 Å². The molecule has 1 aliphatic carbocycles. The first-order valence-electron chi connectivity index (χ1n) is 10.2. The number of nitrogens with one attached hydrogen (secondary N) is 1. The van der Waals surface area contributed by atoms with E-state index < -0.39 is 5.54 Å². The van der Waals surface area contributed by atoms with Crippen molar-refractivity contribution in [3.05, 3.63) is 57.8 Å². The molecule has 148 valence electrons. The van der Waals surface area contributed by atoms with Gasteiger partial charge >= 0.3 is 0 Å². The molecule has 1 aromatic heterocycles. The summed E-state index contributed by atoms with van der Waals surface area (Å²) in [5, 5.41) is 5.29. The minimum absolute atomic E-state index is 0.0218. The molecule has 4 rings (SSSR count). The second-order valence-corrected chi connectivity index (χ2v) is 9.54. The van der Waals surface area contributed by atoms with Gasteiger partial charge in [-0.15, -0.1) is 11.3 Å². The second kappa shape index (κ2) is 7.70. The first kappa shape index (κ1) is 19.2. The summed E-state index contributed by atoms with van der Waals surface area (Å²) in [6.45, 7) is 4.67. The molecule has 28 heavy (non-hydrogen) atoms. The Bertz CT molecular complexity index is 855. The Morgan fingerprint density at radius 1 is 1.18 bits per heavy atom. The van der Waals surface area contributed by atoms with E-state index in [2.05, 4.69) is 12.2 Å². The molecule has 0 spiro atoms. The zero-order chi connectivity index (χ0) is 19.7. The maximum absolute atomic E-state index is 13.5. The largest absolute Gasteiger partial charge is 0.351 e. The quantitative estimate of drug-likeness (QED) is 0.833. The van der Waals surface area contributed by atoms with Crippen LogP contribution in [0.1, 0.15) is 60.3 Å². The molecule has 0 saturated heterocycles. The predicted octanol–water partition coefficient (Wildman–Crippen LogP) is 4.40. The van der Waals surface area contributed by atoms with Crippen LogP contribution in [0.5, 0.6) is 0 Å². The van der Waals surface area contributed by atoms with Gasteiger partial charge in [-0.3, -0.25) is 9.59 Å². The van der Waals surface area contributed by atoms with Crippen LogP contribution < -0.4 is 5.32 Å². The van der Waals surface area contributed by atoms with Crippen molar-refractivity contribution in [1.29, 1.82) is 0 Å². The van der Waals surface area contributed by atoms with Gasteiger partial charge in [0.2, 0.25) is 5.91 Å². The van der Waals surface area contributed by atoms with Gasteiger partial charge in [0, 0.05) is 22.9 Å². The number of hydrogen-bond donors (Lipinski definition) is 1. The van der Waals surface area contributed by atoms with Gasteiger partial charge in [0.15, 0.2) is 0 Å². The highest BCUT2D eigenvalue weighted by Crippen LogP contribution is 2.34. The van der Waals surface area contributed by atoms with Gasteiger partial charge in [-0.25, -0.2) is 0 Å². The highest BCUT2D eigenvalue weighted by atomic mass is 32.1. The molecule has 5 heteroatoms. The summed E-state index contributed by atoms with van der Waals surface area (Å²) in [6.07, 6.45) is 4.91. The van der Waals surface area contributed by atoms with E-state index in [4.69, 9.17) is 0 Å². The van der Waals surface area contributed by atoms with Gasteiger partial charge in [0.05, 0.1) is 6.54 Å². The first-order chi connectivity index (χ1) is 13.5. The number of fused-ring (bicyclic) bond motifs is 1. The Balaban J connectivity index is 1.62. The zero-order valence-electron chi connectivity index (χ0n) is 16.6. The number of amides is 2. The lowest BCUT2D eigenvalue weighted by Crippen LogP contribution is -2.63. The van der Waals surface area contributed by atoms with Crippen molar-refractivity contribution in [3.63, 3.8) is 0 Å². The van der Waals surface area contributed by atoms with Crippen molar-refractivity contribution in [3.8, 4) is 0 Å². The van der Waals surface area contributed by atoms with E-state index in [0.717, 1.165) is 47.6 Å². The fourth-order valence-electron chi connectivity index (χ4n) is 4.47. The third-order valence-corrected chi connectivity index (χ3v) is 7.22. The Hall–Kier alpha value is -2.14. The third-order valence-electron chi connectivity index (χ3n) is 6.36. The average molecular weight is 397 g/mol. The standard InChI is InChI=1S/C23H28N2O2S/c1-16-9-11-18(12-10-16)24-22(27)23(2)14-17-6-3-4-8-20(17)21(26)25(23)15-19-7-5-13-28-19/h3-8,13,16,18H,9-12,14-15H2,1-2H3,(H,24,27)/t16?,18?,23-/m0/s1. The van der Waals surface area contributed by atoms with Crippen LogP contribution in [-0.4, -0.2) is 28.3 Å². The molecule has 2 aliphatic rings. The lowest BCUT2D eigenvalue weighted by molar-refractivity contribution is -0.133. The molecule has 2 aromatic rings. The summed E-state index contributed by atoms with van der Waals surface area (Å²) in [7, 11) is 0. The molecular weight excluding hydrogens is 368 g/mol. The van der Waals surface area contributed by atoms with E-state index in [0.29, 0.717) is 13.0 Å². The van der Waals surface area contributed by atoms with Crippen molar-refractivity contribution >= 4 is 23.2 Å². The average Bonchev–Trinajstić information content (AvgIpc) is 3.20. The molecular formula is C23H28N2O2S. The van der Waals surface area contributed by atoms with E-state index in [1.54, 1.807) is 16.2 Å². The maximum Gasteiger partial charge on any atom is 0.255 e. The van der Waals surface area contributed by atoms with E-state index in [1.807, 2.05) is 48.7 Å². The fraction of sp³-hybridized carbons (Fsp3) is 0.478. The van der Waals surface area contributed by atoms with Crippen molar-refractivity contribution < 1.29 is 9.59 Å². The third kappa shape index (κ3) is 3.60. The normalized spacial score (nSPS) is 27.4. The number of carbonyl (C=O) groups excluding carboxylic acids is 2. The number of hydrogen-bond acceptors (Lipinski definition) is 3. The number of carbonyl (C=O) groups is 2. The van der Waals surface area contributed by atoms with Crippen LogP contribution in [0.3, 0.4) is 0 Å².